The molecule has 4 nitrogen and oxygen atoms in total. The standard InChI is InChI=1S/C24H25NO3/c1-27-22-13-12-19(24(26)25-14-5-2-6-15-25)16-20(22)17-28-23-11-7-9-18-8-3-4-10-21(18)23/h3-4,7-13,16H,2,5-6,14-15,17H2,1H3. The molecule has 0 atom stereocenters. The van der Waals surface area contributed by atoms with Gasteiger partial charge in [-0.25, -0.2) is 0 Å². The second kappa shape index (κ2) is 8.34. The molecule has 28 heavy (non-hydrogen) atoms. The van der Waals surface area contributed by atoms with Crippen LogP contribution >= 0.6 is 0 Å². The molecule has 4 rings (SSSR count). The summed E-state index contributed by atoms with van der Waals surface area (Å²) in [6.45, 7) is 2.03. The Morgan fingerprint density at radius 3 is 2.54 bits per heavy atom. The largest absolute Gasteiger partial charge is 0.496 e. The lowest BCUT2D eigenvalue weighted by Crippen LogP contribution is -2.35. The first kappa shape index (κ1) is 18.4. The third kappa shape index (κ3) is 3.81. The molecular formula is C24H25NO3. The van der Waals surface area contributed by atoms with Crippen molar-refractivity contribution in [1.82, 2.24) is 4.90 Å². The predicted molar refractivity (Wildman–Crippen MR) is 111 cm³/mol. The van der Waals surface area contributed by atoms with Crippen LogP contribution in [-0.4, -0.2) is 31.0 Å². The van der Waals surface area contributed by atoms with E-state index in [1.165, 1.54) is 6.42 Å². The summed E-state index contributed by atoms with van der Waals surface area (Å²) in [5.41, 5.74) is 1.57. The zero-order chi connectivity index (χ0) is 19.3. The van der Waals surface area contributed by atoms with Crippen LogP contribution in [0, 0.1) is 0 Å². The Morgan fingerprint density at radius 1 is 0.929 bits per heavy atom. The molecule has 3 aromatic carbocycles. The molecule has 1 amide bonds. The minimum absolute atomic E-state index is 0.0914. The van der Waals surface area contributed by atoms with E-state index in [0.29, 0.717) is 12.2 Å². The second-order valence-electron chi connectivity index (χ2n) is 7.15. The summed E-state index contributed by atoms with van der Waals surface area (Å²) >= 11 is 0. The SMILES string of the molecule is COc1ccc(C(=O)N2CCCCC2)cc1COc1cccc2ccccc12. The number of ether oxygens (including phenoxy) is 2. The number of rotatable bonds is 5. The van der Waals surface area contributed by atoms with Crippen LogP contribution in [-0.2, 0) is 6.61 Å². The normalized spacial score (nSPS) is 14.1. The van der Waals surface area contributed by atoms with E-state index in [-0.39, 0.29) is 5.91 Å². The first-order chi connectivity index (χ1) is 13.8. The van der Waals surface area contributed by atoms with Crippen molar-refractivity contribution in [2.24, 2.45) is 0 Å². The fraction of sp³-hybridized carbons (Fsp3) is 0.292. The van der Waals surface area contributed by atoms with Crippen LogP contribution in [0.3, 0.4) is 0 Å². The Balaban J connectivity index is 1.57. The van der Waals surface area contributed by atoms with Gasteiger partial charge in [0.25, 0.3) is 5.91 Å². The van der Waals surface area contributed by atoms with Gasteiger partial charge in [0.15, 0.2) is 0 Å². The molecule has 1 fully saturated rings. The van der Waals surface area contributed by atoms with E-state index < -0.39 is 0 Å². The zero-order valence-electron chi connectivity index (χ0n) is 16.2. The molecule has 0 aromatic heterocycles. The predicted octanol–water partition coefficient (Wildman–Crippen LogP) is 5.05. The van der Waals surface area contributed by atoms with E-state index in [2.05, 4.69) is 18.2 Å². The minimum atomic E-state index is 0.0914. The van der Waals surface area contributed by atoms with Crippen LogP contribution < -0.4 is 9.47 Å². The third-order valence-corrected chi connectivity index (χ3v) is 5.30. The third-order valence-electron chi connectivity index (χ3n) is 5.30. The number of carbonyl (C=O) groups is 1. The quantitative estimate of drug-likeness (QED) is 0.626. The Morgan fingerprint density at radius 2 is 1.71 bits per heavy atom. The minimum Gasteiger partial charge on any atom is -0.496 e. The maximum absolute atomic E-state index is 12.8. The van der Waals surface area contributed by atoms with Crippen molar-refractivity contribution in [2.75, 3.05) is 20.2 Å². The molecule has 0 aliphatic carbocycles. The molecule has 1 aliphatic heterocycles. The molecule has 0 spiro atoms. The average Bonchev–Trinajstić information content (AvgIpc) is 2.77. The number of carbonyl (C=O) groups excluding carboxylic acids is 1. The highest BCUT2D eigenvalue weighted by molar-refractivity contribution is 5.94. The van der Waals surface area contributed by atoms with E-state index in [1.54, 1.807) is 7.11 Å². The number of piperidine rings is 1. The van der Waals surface area contributed by atoms with Gasteiger partial charge in [-0.05, 0) is 48.9 Å². The van der Waals surface area contributed by atoms with Gasteiger partial charge >= 0.3 is 0 Å². The summed E-state index contributed by atoms with van der Waals surface area (Å²) in [6, 6.07) is 19.8. The first-order valence-corrected chi connectivity index (χ1v) is 9.83. The van der Waals surface area contributed by atoms with Gasteiger partial charge < -0.3 is 14.4 Å². The van der Waals surface area contributed by atoms with Gasteiger partial charge in [-0.3, -0.25) is 4.79 Å². The number of amides is 1. The average molecular weight is 375 g/mol. The molecule has 0 bridgehead atoms. The molecule has 144 valence electrons. The van der Waals surface area contributed by atoms with Crippen molar-refractivity contribution >= 4 is 16.7 Å². The number of nitrogens with zero attached hydrogens (tertiary/aromatic N) is 1. The Labute approximate surface area is 165 Å². The highest BCUT2D eigenvalue weighted by Crippen LogP contribution is 2.28. The molecule has 0 N–H and O–H groups in total. The van der Waals surface area contributed by atoms with Gasteiger partial charge in [0.05, 0.1) is 7.11 Å². The molecule has 1 saturated heterocycles. The summed E-state index contributed by atoms with van der Waals surface area (Å²) in [5, 5.41) is 2.21. The summed E-state index contributed by atoms with van der Waals surface area (Å²) in [6.07, 6.45) is 3.37. The zero-order valence-corrected chi connectivity index (χ0v) is 16.2. The van der Waals surface area contributed by atoms with Gasteiger partial charge in [0.2, 0.25) is 0 Å². The molecule has 0 saturated carbocycles. The molecule has 4 heteroatoms. The number of methoxy groups -OCH3 is 1. The van der Waals surface area contributed by atoms with Crippen LogP contribution in [0.1, 0.15) is 35.2 Å². The van der Waals surface area contributed by atoms with Crippen LogP contribution in [0.25, 0.3) is 10.8 Å². The maximum Gasteiger partial charge on any atom is 0.253 e. The summed E-state index contributed by atoms with van der Waals surface area (Å²) in [7, 11) is 1.64. The lowest BCUT2D eigenvalue weighted by atomic mass is 10.1. The fourth-order valence-corrected chi connectivity index (χ4v) is 3.78. The van der Waals surface area contributed by atoms with Crippen LogP contribution in [0.15, 0.2) is 60.7 Å². The molecule has 0 unspecified atom stereocenters. The molecule has 1 aliphatic rings. The van der Waals surface area contributed by atoms with Crippen LogP contribution in [0.4, 0.5) is 0 Å². The van der Waals surface area contributed by atoms with Crippen molar-refractivity contribution in [2.45, 2.75) is 25.9 Å². The monoisotopic (exact) mass is 375 g/mol. The molecule has 1 heterocycles. The smallest absolute Gasteiger partial charge is 0.253 e. The first-order valence-electron chi connectivity index (χ1n) is 9.83. The van der Waals surface area contributed by atoms with Crippen molar-refractivity contribution in [3.8, 4) is 11.5 Å². The number of hydrogen-bond acceptors (Lipinski definition) is 3. The van der Waals surface area contributed by atoms with Crippen molar-refractivity contribution in [3.05, 3.63) is 71.8 Å². The van der Waals surface area contributed by atoms with E-state index in [1.807, 2.05) is 47.4 Å². The number of likely N-dealkylation sites (tertiary alicyclic amines) is 1. The topological polar surface area (TPSA) is 38.8 Å². The lowest BCUT2D eigenvalue weighted by molar-refractivity contribution is 0.0724. The lowest BCUT2D eigenvalue weighted by Gasteiger charge is -2.27. The molecule has 3 aromatic rings. The molecular weight excluding hydrogens is 350 g/mol. The van der Waals surface area contributed by atoms with Crippen molar-refractivity contribution in [3.63, 3.8) is 0 Å². The fourth-order valence-electron chi connectivity index (χ4n) is 3.78. The number of fused-ring (bicyclic) bond motifs is 1. The van der Waals surface area contributed by atoms with Crippen molar-refractivity contribution in [1.29, 1.82) is 0 Å². The van der Waals surface area contributed by atoms with Gasteiger partial charge in [0, 0.05) is 29.6 Å². The summed E-state index contributed by atoms with van der Waals surface area (Å²) in [4.78, 5) is 14.8. The number of hydrogen-bond donors (Lipinski definition) is 0. The maximum atomic E-state index is 12.8. The Hall–Kier alpha value is -3.01. The molecule has 0 radical (unpaired) electrons. The van der Waals surface area contributed by atoms with Crippen molar-refractivity contribution < 1.29 is 14.3 Å². The summed E-state index contributed by atoms with van der Waals surface area (Å²) < 4.78 is 11.6. The highest BCUT2D eigenvalue weighted by atomic mass is 16.5. The van der Waals surface area contributed by atoms with Gasteiger partial charge in [-0.2, -0.15) is 0 Å². The van der Waals surface area contributed by atoms with E-state index in [9.17, 15) is 4.79 Å². The van der Waals surface area contributed by atoms with Gasteiger partial charge in [-0.1, -0.05) is 36.4 Å². The van der Waals surface area contributed by atoms with Gasteiger partial charge in [-0.15, -0.1) is 0 Å². The second-order valence-corrected chi connectivity index (χ2v) is 7.15. The van der Waals surface area contributed by atoms with Gasteiger partial charge in [0.1, 0.15) is 18.1 Å². The van der Waals surface area contributed by atoms with Crippen LogP contribution in [0.2, 0.25) is 0 Å². The Kier molecular flexibility index (Phi) is 5.47. The highest BCUT2D eigenvalue weighted by Gasteiger charge is 2.19. The van der Waals surface area contributed by atoms with Crippen LogP contribution in [0.5, 0.6) is 11.5 Å². The van der Waals surface area contributed by atoms with E-state index in [4.69, 9.17) is 9.47 Å². The number of benzene rings is 3. The van der Waals surface area contributed by atoms with E-state index >= 15 is 0 Å². The summed E-state index contributed by atoms with van der Waals surface area (Å²) in [5.74, 6) is 1.65. The Bertz CT molecular complexity index is 971. The van der Waals surface area contributed by atoms with E-state index in [0.717, 1.165) is 53.8 Å².